The Labute approximate surface area is 136 Å². The van der Waals surface area contributed by atoms with Crippen molar-refractivity contribution < 1.29 is 14.3 Å². The van der Waals surface area contributed by atoms with Gasteiger partial charge in [-0.1, -0.05) is 37.1 Å². The largest absolute Gasteiger partial charge is 0.454 e. The molecule has 0 fully saturated rings. The first kappa shape index (κ1) is 16.6. The molecule has 0 amide bonds. The third-order valence-electron chi connectivity index (χ3n) is 3.50. The molecule has 0 radical (unpaired) electrons. The van der Waals surface area contributed by atoms with Crippen molar-refractivity contribution in [3.8, 4) is 11.5 Å². The number of hydrogen-bond acceptors (Lipinski definition) is 3. The van der Waals surface area contributed by atoms with Crippen LogP contribution in [0.5, 0.6) is 11.5 Å². The minimum atomic E-state index is -0.437. The van der Waals surface area contributed by atoms with Gasteiger partial charge in [0.15, 0.2) is 11.5 Å². The first-order valence-corrected chi connectivity index (χ1v) is 8.05. The Hall–Kier alpha value is -1.74. The molecule has 0 saturated heterocycles. The molecule has 2 rings (SSSR count). The van der Waals surface area contributed by atoms with Crippen molar-refractivity contribution >= 4 is 16.8 Å². The Bertz CT molecular complexity index is 549. The monoisotopic (exact) mass is 320 g/mol. The Morgan fingerprint density at radius 3 is 2.77 bits per heavy atom. The number of benzene rings is 1. The average molecular weight is 321 g/mol. The van der Waals surface area contributed by atoms with Gasteiger partial charge in [0.25, 0.3) is 0 Å². The number of allylic oxidation sites excluding steroid dienone is 4. The zero-order valence-electron chi connectivity index (χ0n) is 12.6. The molecule has 1 aromatic rings. The summed E-state index contributed by atoms with van der Waals surface area (Å²) in [5, 5.41) is -0.437. The molecule has 22 heavy (non-hydrogen) atoms. The number of rotatable bonds is 9. The minimum Gasteiger partial charge on any atom is -0.454 e. The van der Waals surface area contributed by atoms with Gasteiger partial charge in [-0.3, -0.25) is 4.79 Å². The zero-order valence-corrected chi connectivity index (χ0v) is 13.3. The Morgan fingerprint density at radius 1 is 1.09 bits per heavy atom. The van der Waals surface area contributed by atoms with Gasteiger partial charge in [0, 0.05) is 0 Å². The molecule has 0 aliphatic carbocycles. The molecule has 3 nitrogen and oxygen atoms in total. The number of hydrogen-bond donors (Lipinski definition) is 0. The highest BCUT2D eigenvalue weighted by Crippen LogP contribution is 2.32. The summed E-state index contributed by atoms with van der Waals surface area (Å²) in [6, 6.07) is 6.18. The van der Waals surface area contributed by atoms with Crippen LogP contribution in [0.15, 0.2) is 42.5 Å². The summed E-state index contributed by atoms with van der Waals surface area (Å²) >= 11 is 5.18. The van der Waals surface area contributed by atoms with Crippen LogP contribution in [0.3, 0.4) is 0 Å². The predicted octanol–water partition coefficient (Wildman–Crippen LogP) is 4.79. The van der Waals surface area contributed by atoms with E-state index in [9.17, 15) is 4.79 Å². The molecule has 0 aromatic heterocycles. The highest BCUT2D eigenvalue weighted by Gasteiger charge is 2.12. The summed E-state index contributed by atoms with van der Waals surface area (Å²) in [5.41, 5.74) is 1.31. The maximum absolute atomic E-state index is 10.5. The number of halogens is 1. The summed E-state index contributed by atoms with van der Waals surface area (Å²) in [5.74, 6) is 1.71. The number of carbonyl (C=O) groups is 1. The van der Waals surface area contributed by atoms with E-state index >= 15 is 0 Å². The van der Waals surface area contributed by atoms with Crippen LogP contribution in [0.2, 0.25) is 0 Å². The smallest absolute Gasteiger partial charge is 0.245 e. The maximum atomic E-state index is 10.5. The third-order valence-corrected chi connectivity index (χ3v) is 3.62. The molecule has 0 unspecified atom stereocenters. The van der Waals surface area contributed by atoms with Crippen molar-refractivity contribution in [2.45, 2.75) is 38.5 Å². The fourth-order valence-electron chi connectivity index (χ4n) is 2.35. The number of fused-ring (bicyclic) bond motifs is 1. The van der Waals surface area contributed by atoms with Gasteiger partial charge in [0.2, 0.25) is 12.0 Å². The number of aryl methyl sites for hydroxylation is 1. The molecule has 0 atom stereocenters. The lowest BCUT2D eigenvalue weighted by molar-refractivity contribution is -0.107. The van der Waals surface area contributed by atoms with Crippen molar-refractivity contribution in [1.82, 2.24) is 0 Å². The zero-order chi connectivity index (χ0) is 15.6. The first-order chi connectivity index (χ1) is 10.8. The quantitative estimate of drug-likeness (QED) is 0.284. The Kier molecular flexibility index (Phi) is 7.04. The van der Waals surface area contributed by atoms with Gasteiger partial charge in [-0.15, -0.1) is 0 Å². The molecule has 1 aromatic carbocycles. The summed E-state index contributed by atoms with van der Waals surface area (Å²) in [7, 11) is 0. The molecule has 118 valence electrons. The van der Waals surface area contributed by atoms with E-state index in [1.165, 1.54) is 37.3 Å². The van der Waals surface area contributed by atoms with E-state index in [0.717, 1.165) is 24.3 Å². The number of unbranched alkanes of at least 4 members (excludes halogenated alkanes) is 4. The van der Waals surface area contributed by atoms with Gasteiger partial charge < -0.3 is 9.47 Å². The van der Waals surface area contributed by atoms with Gasteiger partial charge >= 0.3 is 0 Å². The maximum Gasteiger partial charge on any atom is 0.245 e. The van der Waals surface area contributed by atoms with Crippen molar-refractivity contribution in [2.75, 3.05) is 6.79 Å². The topological polar surface area (TPSA) is 35.5 Å². The second kappa shape index (κ2) is 9.31. The normalized spacial score (nSPS) is 13.3. The van der Waals surface area contributed by atoms with Crippen molar-refractivity contribution in [2.24, 2.45) is 0 Å². The lowest BCUT2D eigenvalue weighted by Crippen LogP contribution is -1.93. The molecular formula is C18H21ClO3. The van der Waals surface area contributed by atoms with Crippen LogP contribution in [-0.2, 0) is 11.2 Å². The third kappa shape index (κ3) is 5.94. The molecule has 1 aliphatic heterocycles. The van der Waals surface area contributed by atoms with Crippen LogP contribution in [0.4, 0.5) is 0 Å². The highest BCUT2D eigenvalue weighted by atomic mass is 35.5. The molecule has 0 saturated carbocycles. The van der Waals surface area contributed by atoms with E-state index in [1.54, 1.807) is 6.08 Å². The fourth-order valence-corrected chi connectivity index (χ4v) is 2.42. The van der Waals surface area contributed by atoms with Crippen LogP contribution >= 0.6 is 11.6 Å². The lowest BCUT2D eigenvalue weighted by atomic mass is 10.0. The van der Waals surface area contributed by atoms with E-state index in [-0.39, 0.29) is 0 Å². The average Bonchev–Trinajstić information content (AvgIpc) is 2.96. The molecule has 1 heterocycles. The van der Waals surface area contributed by atoms with Crippen molar-refractivity contribution in [3.05, 3.63) is 48.1 Å². The fraction of sp³-hybridized carbons (Fsp3) is 0.389. The van der Waals surface area contributed by atoms with Crippen LogP contribution in [-0.4, -0.2) is 12.0 Å². The first-order valence-electron chi connectivity index (χ1n) is 7.67. The van der Waals surface area contributed by atoms with Crippen molar-refractivity contribution in [3.63, 3.8) is 0 Å². The Balaban J connectivity index is 1.53. The van der Waals surface area contributed by atoms with E-state index in [4.69, 9.17) is 21.1 Å². The second-order valence-electron chi connectivity index (χ2n) is 5.23. The van der Waals surface area contributed by atoms with Crippen LogP contribution in [0.1, 0.15) is 37.7 Å². The lowest BCUT2D eigenvalue weighted by Gasteiger charge is -2.03. The number of ether oxygens (including phenoxy) is 2. The van der Waals surface area contributed by atoms with E-state index < -0.39 is 5.24 Å². The van der Waals surface area contributed by atoms with Crippen LogP contribution < -0.4 is 9.47 Å². The van der Waals surface area contributed by atoms with Gasteiger partial charge in [-0.2, -0.15) is 0 Å². The predicted molar refractivity (Wildman–Crippen MR) is 88.5 cm³/mol. The molecule has 4 heteroatoms. The summed E-state index contributed by atoms with van der Waals surface area (Å²) in [6.45, 7) is 0.334. The van der Waals surface area contributed by atoms with Crippen LogP contribution in [0, 0.1) is 0 Å². The minimum absolute atomic E-state index is 0.334. The molecule has 0 bridgehead atoms. The van der Waals surface area contributed by atoms with Gasteiger partial charge in [-0.25, -0.2) is 0 Å². The molecule has 0 N–H and O–H groups in total. The number of carbonyl (C=O) groups excluding carboxylic acids is 1. The summed E-state index contributed by atoms with van der Waals surface area (Å²) < 4.78 is 10.7. The molecule has 0 spiro atoms. The van der Waals surface area contributed by atoms with Crippen LogP contribution in [0.25, 0.3) is 0 Å². The molecule has 1 aliphatic rings. The van der Waals surface area contributed by atoms with Gasteiger partial charge in [-0.05, 0) is 61.1 Å². The van der Waals surface area contributed by atoms with Crippen molar-refractivity contribution in [1.29, 1.82) is 0 Å². The van der Waals surface area contributed by atoms with Gasteiger partial charge in [0.05, 0.1) is 0 Å². The second-order valence-corrected chi connectivity index (χ2v) is 5.60. The standard InChI is InChI=1S/C18H21ClO3/c19-18(20)10-8-6-4-2-1-3-5-7-9-15-11-12-16-17(13-15)22-14-21-16/h4,6,8,10-13H,1-3,5,7,9,14H2/b6-4+,10-8+. The van der Waals surface area contributed by atoms with E-state index in [0.29, 0.717) is 6.79 Å². The summed E-state index contributed by atoms with van der Waals surface area (Å²) in [4.78, 5) is 10.5. The van der Waals surface area contributed by atoms with Gasteiger partial charge in [0.1, 0.15) is 0 Å². The highest BCUT2D eigenvalue weighted by molar-refractivity contribution is 6.66. The Morgan fingerprint density at radius 2 is 1.91 bits per heavy atom. The molecular weight excluding hydrogens is 300 g/mol. The SMILES string of the molecule is O=C(Cl)/C=C/C=C/CCCCCCc1ccc2c(c1)OCO2. The summed E-state index contributed by atoms with van der Waals surface area (Å²) in [6.07, 6.45) is 13.9. The van der Waals surface area contributed by atoms with E-state index in [1.807, 2.05) is 12.1 Å². The van der Waals surface area contributed by atoms with E-state index in [2.05, 4.69) is 18.2 Å².